The number of benzene rings is 2. The number of likely N-dealkylation sites (tertiary alicyclic amines) is 1. The number of ether oxygens (including phenoxy) is 1. The number of carbonyl (C=O) groups is 1. The van der Waals surface area contributed by atoms with Crippen LogP contribution in [-0.4, -0.2) is 42.1 Å². The van der Waals surface area contributed by atoms with Gasteiger partial charge in [-0.05, 0) is 48.1 Å². The highest BCUT2D eigenvalue weighted by molar-refractivity contribution is 7.99. The molecule has 1 heterocycles. The number of nitrogens with zero attached hydrogens (tertiary/aromatic N) is 1. The summed E-state index contributed by atoms with van der Waals surface area (Å²) in [6.07, 6.45) is -4.18. The lowest BCUT2D eigenvalue weighted by Crippen LogP contribution is -2.27. The van der Waals surface area contributed by atoms with Crippen molar-refractivity contribution in [2.24, 2.45) is 5.73 Å². The summed E-state index contributed by atoms with van der Waals surface area (Å²) < 4.78 is 43.4. The van der Waals surface area contributed by atoms with Gasteiger partial charge in [-0.1, -0.05) is 30.1 Å². The van der Waals surface area contributed by atoms with E-state index >= 15 is 0 Å². The Morgan fingerprint density at radius 1 is 1.30 bits per heavy atom. The van der Waals surface area contributed by atoms with E-state index in [1.165, 1.54) is 6.07 Å². The largest absolute Gasteiger partial charge is 0.573 e. The smallest absolute Gasteiger partial charge is 0.405 e. The zero-order valence-corrected chi connectivity index (χ0v) is 20.2. The monoisotopic (exact) mass is 521 g/mol. The van der Waals surface area contributed by atoms with Gasteiger partial charge in [0, 0.05) is 58.3 Å². The van der Waals surface area contributed by atoms with E-state index in [1.54, 1.807) is 23.9 Å². The Bertz CT molecular complexity index is 1010. The van der Waals surface area contributed by atoms with Crippen molar-refractivity contribution in [3.8, 4) is 5.75 Å². The fourth-order valence-corrected chi connectivity index (χ4v) is 4.86. The lowest BCUT2D eigenvalue weighted by atomic mass is 10.1. The third-order valence-electron chi connectivity index (χ3n) is 5.09. The summed E-state index contributed by atoms with van der Waals surface area (Å²) in [5.41, 5.74) is 6.83. The minimum atomic E-state index is -4.93. The Labute approximate surface area is 204 Å². The molecule has 3 N–H and O–H groups in total. The molecule has 3 rings (SSSR count). The highest BCUT2D eigenvalue weighted by Crippen LogP contribution is 2.34. The molecule has 11 heteroatoms. The van der Waals surface area contributed by atoms with Crippen LogP contribution in [0.25, 0.3) is 0 Å². The van der Waals surface area contributed by atoms with Gasteiger partial charge in [-0.2, -0.15) is 0 Å². The van der Waals surface area contributed by atoms with Crippen molar-refractivity contribution in [1.29, 1.82) is 0 Å². The van der Waals surface area contributed by atoms with Crippen LogP contribution in [-0.2, 0) is 13.1 Å². The van der Waals surface area contributed by atoms with E-state index in [4.69, 9.17) is 28.9 Å². The van der Waals surface area contributed by atoms with Gasteiger partial charge in [0.15, 0.2) is 0 Å². The van der Waals surface area contributed by atoms with Crippen molar-refractivity contribution in [2.75, 3.05) is 18.8 Å². The van der Waals surface area contributed by atoms with Crippen LogP contribution in [0.1, 0.15) is 34.8 Å². The maximum atomic E-state index is 13.1. The number of nitrogens with one attached hydrogen (secondary N) is 1. The van der Waals surface area contributed by atoms with Crippen LogP contribution >= 0.6 is 35.0 Å². The van der Waals surface area contributed by atoms with Crippen LogP contribution in [0.15, 0.2) is 35.2 Å². The van der Waals surface area contributed by atoms with Gasteiger partial charge in [0.25, 0.3) is 5.91 Å². The second-order valence-corrected chi connectivity index (χ2v) is 9.78. The molecule has 0 aromatic heterocycles. The molecule has 2 aromatic carbocycles. The van der Waals surface area contributed by atoms with Gasteiger partial charge in [-0.25, -0.2) is 0 Å². The molecule has 1 amide bonds. The lowest BCUT2D eigenvalue weighted by Gasteiger charge is -2.21. The molecule has 1 fully saturated rings. The number of rotatable bonds is 8. The summed E-state index contributed by atoms with van der Waals surface area (Å²) >= 11 is 14.0. The first-order valence-electron chi connectivity index (χ1n) is 10.3. The molecule has 0 spiro atoms. The Hall–Kier alpha value is -1.65. The maximum absolute atomic E-state index is 13.1. The summed E-state index contributed by atoms with van der Waals surface area (Å²) in [5, 5.41) is 3.27. The van der Waals surface area contributed by atoms with Crippen LogP contribution < -0.4 is 15.8 Å². The van der Waals surface area contributed by atoms with E-state index in [0.717, 1.165) is 28.7 Å². The first kappa shape index (κ1) is 26.0. The van der Waals surface area contributed by atoms with Gasteiger partial charge in [-0.3, -0.25) is 9.69 Å². The summed E-state index contributed by atoms with van der Waals surface area (Å²) in [5.74, 6) is -0.239. The van der Waals surface area contributed by atoms with Crippen molar-refractivity contribution in [2.45, 2.75) is 43.7 Å². The molecular formula is C22H24Cl2F3N3O2S. The molecular weight excluding hydrogens is 498 g/mol. The first-order valence-corrected chi connectivity index (χ1v) is 12.1. The second-order valence-electron chi connectivity index (χ2n) is 7.63. The van der Waals surface area contributed by atoms with Crippen molar-refractivity contribution in [3.05, 3.63) is 57.1 Å². The van der Waals surface area contributed by atoms with E-state index in [2.05, 4.69) is 10.1 Å². The van der Waals surface area contributed by atoms with Crippen LogP contribution in [0.5, 0.6) is 5.75 Å². The molecule has 5 nitrogen and oxygen atoms in total. The SMILES string of the molecule is CCSc1ccc(Cl)cc1CNC(=O)c1cc(Cl)c(CN2CCC(N)C2)c(OC(F)(F)F)c1. The summed E-state index contributed by atoms with van der Waals surface area (Å²) in [6, 6.07) is 7.75. The number of hydrogen-bond acceptors (Lipinski definition) is 5. The fraction of sp³-hybridized carbons (Fsp3) is 0.409. The van der Waals surface area contributed by atoms with Crippen molar-refractivity contribution < 1.29 is 22.7 Å². The Morgan fingerprint density at radius 3 is 2.70 bits per heavy atom. The van der Waals surface area contributed by atoms with Crippen LogP contribution in [0.4, 0.5) is 13.2 Å². The Balaban J connectivity index is 1.82. The van der Waals surface area contributed by atoms with Gasteiger partial charge in [0.1, 0.15) is 5.75 Å². The fourth-order valence-electron chi connectivity index (χ4n) is 3.60. The first-order chi connectivity index (χ1) is 15.6. The highest BCUT2D eigenvalue weighted by Gasteiger charge is 2.34. The number of carbonyl (C=O) groups excluding carboxylic acids is 1. The number of hydrogen-bond donors (Lipinski definition) is 2. The molecule has 1 aliphatic heterocycles. The molecule has 180 valence electrons. The molecule has 0 radical (unpaired) electrons. The predicted octanol–water partition coefficient (Wildman–Crippen LogP) is 5.47. The number of halogens is 5. The van der Waals surface area contributed by atoms with Crippen molar-refractivity contribution in [3.63, 3.8) is 0 Å². The lowest BCUT2D eigenvalue weighted by molar-refractivity contribution is -0.275. The molecule has 0 bridgehead atoms. The van der Waals surface area contributed by atoms with Crippen LogP contribution in [0.3, 0.4) is 0 Å². The maximum Gasteiger partial charge on any atom is 0.573 e. The number of alkyl halides is 3. The van der Waals surface area contributed by atoms with E-state index in [9.17, 15) is 18.0 Å². The van der Waals surface area contributed by atoms with Crippen LogP contribution in [0, 0.1) is 0 Å². The summed E-state index contributed by atoms with van der Waals surface area (Å²) in [4.78, 5) is 15.6. The quantitative estimate of drug-likeness (QED) is 0.451. The normalized spacial score (nSPS) is 16.8. The van der Waals surface area contributed by atoms with E-state index in [-0.39, 0.29) is 35.3 Å². The zero-order valence-electron chi connectivity index (χ0n) is 17.8. The molecule has 1 aliphatic rings. The Kier molecular flexibility index (Phi) is 8.80. The minimum Gasteiger partial charge on any atom is -0.405 e. The van der Waals surface area contributed by atoms with Gasteiger partial charge in [-0.15, -0.1) is 24.9 Å². The summed E-state index contributed by atoms with van der Waals surface area (Å²) in [7, 11) is 0. The van der Waals surface area contributed by atoms with E-state index < -0.39 is 18.0 Å². The molecule has 33 heavy (non-hydrogen) atoms. The molecule has 0 saturated carbocycles. The van der Waals surface area contributed by atoms with Gasteiger partial charge in [0.05, 0.1) is 0 Å². The summed E-state index contributed by atoms with van der Waals surface area (Å²) in [6.45, 7) is 3.48. The van der Waals surface area contributed by atoms with Crippen LogP contribution in [0.2, 0.25) is 10.0 Å². The molecule has 0 aliphatic carbocycles. The molecule has 1 unspecified atom stereocenters. The standard InChI is InChI=1S/C22H24Cl2F3N3O2S/c1-2-33-20-4-3-15(23)7-14(20)10-29-21(31)13-8-18(24)17(12-30-6-5-16(28)11-30)19(9-13)32-22(25,26)27/h3-4,7-9,16H,2,5-6,10-12,28H2,1H3,(H,29,31). The molecule has 2 aromatic rings. The van der Waals surface area contributed by atoms with Gasteiger partial charge >= 0.3 is 6.36 Å². The highest BCUT2D eigenvalue weighted by atomic mass is 35.5. The van der Waals surface area contributed by atoms with E-state index in [1.807, 2.05) is 17.9 Å². The average molecular weight is 522 g/mol. The minimum absolute atomic E-state index is 0.0207. The third-order valence-corrected chi connectivity index (χ3v) is 6.67. The number of amides is 1. The average Bonchev–Trinajstić information content (AvgIpc) is 3.14. The van der Waals surface area contributed by atoms with Crippen molar-refractivity contribution >= 4 is 40.9 Å². The zero-order chi connectivity index (χ0) is 24.2. The number of nitrogens with two attached hydrogens (primary N) is 1. The predicted molar refractivity (Wildman–Crippen MR) is 125 cm³/mol. The Morgan fingerprint density at radius 2 is 2.06 bits per heavy atom. The third kappa shape index (κ3) is 7.42. The number of thioether (sulfide) groups is 1. The van der Waals surface area contributed by atoms with Gasteiger partial charge < -0.3 is 15.8 Å². The molecule has 1 atom stereocenters. The topological polar surface area (TPSA) is 67.6 Å². The van der Waals surface area contributed by atoms with Crippen molar-refractivity contribution in [1.82, 2.24) is 10.2 Å². The van der Waals surface area contributed by atoms with E-state index in [0.29, 0.717) is 18.1 Å². The molecule has 1 saturated heterocycles. The van der Waals surface area contributed by atoms with Gasteiger partial charge in [0.2, 0.25) is 0 Å². The second kappa shape index (κ2) is 11.2.